The van der Waals surface area contributed by atoms with Crippen LogP contribution in [0.4, 0.5) is 0 Å². The minimum absolute atomic E-state index is 0. The Hall–Kier alpha value is -1.37. The van der Waals surface area contributed by atoms with Crippen molar-refractivity contribution in [1.29, 1.82) is 0 Å². The van der Waals surface area contributed by atoms with E-state index >= 15 is 0 Å². The molecule has 0 aromatic carbocycles. The zero-order valence-electron chi connectivity index (χ0n) is 14.9. The van der Waals surface area contributed by atoms with Crippen LogP contribution in [0, 0.1) is 5.92 Å². The number of piperidine rings is 1. The van der Waals surface area contributed by atoms with Gasteiger partial charge >= 0.3 is 0 Å². The molecule has 1 saturated heterocycles. The Balaban J connectivity index is 0.00000156. The van der Waals surface area contributed by atoms with Gasteiger partial charge in [0.15, 0.2) is 5.65 Å². The van der Waals surface area contributed by atoms with Crippen molar-refractivity contribution < 1.29 is 4.79 Å². The molecular weight excluding hydrogens is 361 g/mol. The van der Waals surface area contributed by atoms with Crippen molar-refractivity contribution in [3.63, 3.8) is 0 Å². The highest BCUT2D eigenvalue weighted by Gasteiger charge is 2.29. The Labute approximate surface area is 161 Å². The summed E-state index contributed by atoms with van der Waals surface area (Å²) in [6.07, 6.45) is 5.45. The van der Waals surface area contributed by atoms with Crippen LogP contribution in [-0.4, -0.2) is 44.7 Å². The second kappa shape index (κ2) is 8.83. The number of amides is 1. The standard InChI is InChI=1S/C17H25N5O.2ClH/c1-11(2)22-16-13(10-20-22)7-14(9-19-16)17(23)21-5-4-12(3)6-15(21)8-18;;/h7,9-12,15H,4-6,8,18H2,1-3H3;2*1H. The first kappa shape index (κ1) is 21.7. The van der Waals surface area contributed by atoms with Crippen LogP contribution in [0.3, 0.4) is 0 Å². The summed E-state index contributed by atoms with van der Waals surface area (Å²) in [4.78, 5) is 19.2. The molecule has 2 aromatic heterocycles. The molecule has 3 rings (SSSR count). The predicted octanol–water partition coefficient (Wildman–Crippen LogP) is 3.06. The number of nitrogens with two attached hydrogens (primary N) is 1. The number of fused-ring (bicyclic) bond motifs is 1. The van der Waals surface area contributed by atoms with Crippen molar-refractivity contribution in [3.8, 4) is 0 Å². The Morgan fingerprint density at radius 2 is 2.08 bits per heavy atom. The molecule has 1 aliphatic rings. The van der Waals surface area contributed by atoms with Crippen LogP contribution in [-0.2, 0) is 0 Å². The molecule has 3 heterocycles. The van der Waals surface area contributed by atoms with Crippen molar-refractivity contribution in [1.82, 2.24) is 19.7 Å². The van der Waals surface area contributed by atoms with Gasteiger partial charge in [-0.3, -0.25) is 4.79 Å². The molecule has 0 spiro atoms. The largest absolute Gasteiger partial charge is 0.334 e. The minimum Gasteiger partial charge on any atom is -0.334 e. The number of hydrogen-bond acceptors (Lipinski definition) is 4. The van der Waals surface area contributed by atoms with Crippen LogP contribution < -0.4 is 5.73 Å². The number of hydrogen-bond donors (Lipinski definition) is 1. The smallest absolute Gasteiger partial charge is 0.255 e. The zero-order valence-corrected chi connectivity index (χ0v) is 16.5. The highest BCUT2D eigenvalue weighted by atomic mass is 35.5. The Morgan fingerprint density at radius 1 is 1.36 bits per heavy atom. The molecule has 8 heteroatoms. The summed E-state index contributed by atoms with van der Waals surface area (Å²) in [5.41, 5.74) is 7.31. The topological polar surface area (TPSA) is 77.0 Å². The van der Waals surface area contributed by atoms with E-state index in [-0.39, 0.29) is 42.8 Å². The van der Waals surface area contributed by atoms with Crippen LogP contribution in [0.15, 0.2) is 18.5 Å². The number of rotatable bonds is 3. The van der Waals surface area contributed by atoms with Gasteiger partial charge in [-0.25, -0.2) is 9.67 Å². The van der Waals surface area contributed by atoms with E-state index in [9.17, 15) is 4.79 Å². The Bertz CT molecular complexity index is 718. The van der Waals surface area contributed by atoms with Crippen molar-refractivity contribution in [3.05, 3.63) is 24.0 Å². The maximum atomic E-state index is 12.9. The molecule has 1 aliphatic heterocycles. The van der Waals surface area contributed by atoms with E-state index in [4.69, 9.17) is 5.73 Å². The van der Waals surface area contributed by atoms with E-state index in [0.717, 1.165) is 30.4 Å². The zero-order chi connectivity index (χ0) is 16.6. The van der Waals surface area contributed by atoms with Crippen LogP contribution in [0.1, 0.15) is 50.0 Å². The lowest BCUT2D eigenvalue weighted by Crippen LogP contribution is -2.49. The van der Waals surface area contributed by atoms with Crippen molar-refractivity contribution in [2.24, 2.45) is 11.7 Å². The van der Waals surface area contributed by atoms with Gasteiger partial charge in [0.1, 0.15) is 0 Å². The van der Waals surface area contributed by atoms with Gasteiger partial charge in [0.2, 0.25) is 0 Å². The number of pyridine rings is 1. The summed E-state index contributed by atoms with van der Waals surface area (Å²) in [6.45, 7) is 7.63. The van der Waals surface area contributed by atoms with Gasteiger partial charge in [0, 0.05) is 36.8 Å². The van der Waals surface area contributed by atoms with E-state index < -0.39 is 0 Å². The fourth-order valence-electron chi connectivity index (χ4n) is 3.34. The number of nitrogens with zero attached hydrogens (tertiary/aromatic N) is 4. The van der Waals surface area contributed by atoms with Crippen molar-refractivity contribution >= 4 is 41.8 Å². The normalized spacial score (nSPS) is 20.3. The molecule has 25 heavy (non-hydrogen) atoms. The molecule has 0 saturated carbocycles. The average Bonchev–Trinajstić information content (AvgIpc) is 2.97. The monoisotopic (exact) mass is 387 g/mol. The third-order valence-corrected chi connectivity index (χ3v) is 4.68. The van der Waals surface area contributed by atoms with E-state index in [1.165, 1.54) is 0 Å². The molecular formula is C17H27Cl2N5O. The fourth-order valence-corrected chi connectivity index (χ4v) is 3.34. The fraction of sp³-hybridized carbons (Fsp3) is 0.588. The number of aromatic nitrogens is 3. The van der Waals surface area contributed by atoms with Gasteiger partial charge in [-0.1, -0.05) is 6.92 Å². The third-order valence-electron chi connectivity index (χ3n) is 4.68. The number of carbonyl (C=O) groups excluding carboxylic acids is 1. The van der Waals surface area contributed by atoms with Crippen LogP contribution in [0.25, 0.3) is 11.0 Å². The highest BCUT2D eigenvalue weighted by Crippen LogP contribution is 2.24. The van der Waals surface area contributed by atoms with Crippen LogP contribution in [0.2, 0.25) is 0 Å². The quantitative estimate of drug-likeness (QED) is 0.877. The van der Waals surface area contributed by atoms with E-state index in [1.54, 1.807) is 12.4 Å². The molecule has 2 unspecified atom stereocenters. The SMILES string of the molecule is CC1CCN(C(=O)c2cnc3c(cnn3C(C)C)c2)C(CN)C1.Cl.Cl. The van der Waals surface area contributed by atoms with E-state index in [0.29, 0.717) is 18.0 Å². The van der Waals surface area contributed by atoms with Gasteiger partial charge in [-0.15, -0.1) is 24.8 Å². The summed E-state index contributed by atoms with van der Waals surface area (Å²) >= 11 is 0. The van der Waals surface area contributed by atoms with Crippen LogP contribution in [0.5, 0.6) is 0 Å². The molecule has 0 bridgehead atoms. The van der Waals surface area contributed by atoms with Crippen molar-refractivity contribution in [2.45, 2.75) is 45.7 Å². The molecule has 2 N–H and O–H groups in total. The number of halogens is 2. The average molecular weight is 388 g/mol. The van der Waals surface area contributed by atoms with E-state index in [1.807, 2.05) is 15.6 Å². The summed E-state index contributed by atoms with van der Waals surface area (Å²) in [5.74, 6) is 0.650. The second-order valence-corrected chi connectivity index (χ2v) is 6.84. The molecule has 0 aliphatic carbocycles. The van der Waals surface area contributed by atoms with Crippen molar-refractivity contribution in [2.75, 3.05) is 13.1 Å². The lowest BCUT2D eigenvalue weighted by Gasteiger charge is -2.38. The highest BCUT2D eigenvalue weighted by molar-refractivity contribution is 5.97. The first-order chi connectivity index (χ1) is 11.0. The Morgan fingerprint density at radius 3 is 2.72 bits per heavy atom. The molecule has 1 amide bonds. The van der Waals surface area contributed by atoms with Gasteiger partial charge in [-0.2, -0.15) is 5.10 Å². The summed E-state index contributed by atoms with van der Waals surface area (Å²) in [5, 5.41) is 5.26. The summed E-state index contributed by atoms with van der Waals surface area (Å²) in [6, 6.07) is 2.26. The molecule has 2 atom stereocenters. The first-order valence-corrected chi connectivity index (χ1v) is 8.35. The van der Waals surface area contributed by atoms with Gasteiger partial charge in [0.25, 0.3) is 5.91 Å². The van der Waals surface area contributed by atoms with Crippen LogP contribution >= 0.6 is 24.8 Å². The lowest BCUT2D eigenvalue weighted by molar-refractivity contribution is 0.0573. The number of likely N-dealkylation sites (tertiary alicyclic amines) is 1. The molecule has 140 valence electrons. The third kappa shape index (κ3) is 4.25. The predicted molar refractivity (Wildman–Crippen MR) is 105 cm³/mol. The second-order valence-electron chi connectivity index (χ2n) is 6.84. The molecule has 6 nitrogen and oxygen atoms in total. The summed E-state index contributed by atoms with van der Waals surface area (Å²) < 4.78 is 1.87. The molecule has 0 radical (unpaired) electrons. The maximum absolute atomic E-state index is 12.9. The number of carbonyl (C=O) groups is 1. The molecule has 2 aromatic rings. The van der Waals surface area contributed by atoms with Gasteiger partial charge in [0.05, 0.1) is 11.8 Å². The summed E-state index contributed by atoms with van der Waals surface area (Å²) in [7, 11) is 0. The van der Waals surface area contributed by atoms with Gasteiger partial charge < -0.3 is 10.6 Å². The minimum atomic E-state index is 0. The first-order valence-electron chi connectivity index (χ1n) is 8.35. The Kier molecular flexibility index (Phi) is 7.65. The van der Waals surface area contributed by atoms with E-state index in [2.05, 4.69) is 30.9 Å². The maximum Gasteiger partial charge on any atom is 0.255 e. The van der Waals surface area contributed by atoms with Gasteiger partial charge in [-0.05, 0) is 38.7 Å². The lowest BCUT2D eigenvalue weighted by atomic mass is 9.92. The molecule has 1 fully saturated rings.